The maximum Gasteiger partial charge on any atom is 0.0509 e. The van der Waals surface area contributed by atoms with Gasteiger partial charge in [0, 0.05) is 42.4 Å². The summed E-state index contributed by atoms with van der Waals surface area (Å²) >= 11 is 12.1. The van der Waals surface area contributed by atoms with Crippen molar-refractivity contribution in [3.05, 3.63) is 28.8 Å². The molecular formula is C13H17Cl2NO. The number of anilines is 1. The predicted octanol–water partition coefficient (Wildman–Crippen LogP) is 3.55. The average molecular weight is 274 g/mol. The lowest BCUT2D eigenvalue weighted by Crippen LogP contribution is -2.22. The predicted molar refractivity (Wildman–Crippen MR) is 73.2 cm³/mol. The van der Waals surface area contributed by atoms with Gasteiger partial charge in [-0.3, -0.25) is 0 Å². The third-order valence-corrected chi connectivity index (χ3v) is 3.88. The molecule has 17 heavy (non-hydrogen) atoms. The van der Waals surface area contributed by atoms with Gasteiger partial charge in [-0.05, 0) is 18.6 Å². The van der Waals surface area contributed by atoms with Crippen LogP contribution in [0.25, 0.3) is 0 Å². The van der Waals surface area contributed by atoms with Gasteiger partial charge in [0.1, 0.15) is 0 Å². The molecule has 1 aliphatic rings. The third kappa shape index (κ3) is 2.87. The standard InChI is InChI=1S/C13H17Cl2NO/c1-17-9-10-5-6-16(8-10)13-4-2-3-12(15)11(13)7-14/h2-4,10H,5-9H2,1H3. The Morgan fingerprint density at radius 2 is 2.29 bits per heavy atom. The summed E-state index contributed by atoms with van der Waals surface area (Å²) in [5, 5.41) is 0.757. The lowest BCUT2D eigenvalue weighted by Gasteiger charge is -2.22. The summed E-state index contributed by atoms with van der Waals surface area (Å²) in [5.41, 5.74) is 2.21. The molecule has 0 aromatic heterocycles. The quantitative estimate of drug-likeness (QED) is 0.778. The first-order valence-electron chi connectivity index (χ1n) is 5.83. The Balaban J connectivity index is 2.15. The summed E-state index contributed by atoms with van der Waals surface area (Å²) in [6, 6.07) is 5.97. The first-order chi connectivity index (χ1) is 8.26. The summed E-state index contributed by atoms with van der Waals surface area (Å²) in [6.45, 7) is 2.91. The molecular weight excluding hydrogens is 257 g/mol. The number of hydrogen-bond acceptors (Lipinski definition) is 2. The van der Waals surface area contributed by atoms with Crippen LogP contribution in [0.4, 0.5) is 5.69 Å². The number of rotatable bonds is 4. The largest absolute Gasteiger partial charge is 0.384 e. The van der Waals surface area contributed by atoms with Crippen LogP contribution in [0.1, 0.15) is 12.0 Å². The van der Waals surface area contributed by atoms with Gasteiger partial charge in [0.2, 0.25) is 0 Å². The molecule has 1 heterocycles. The monoisotopic (exact) mass is 273 g/mol. The van der Waals surface area contributed by atoms with Crippen LogP contribution in [0.15, 0.2) is 18.2 Å². The lowest BCUT2D eigenvalue weighted by atomic mass is 10.1. The van der Waals surface area contributed by atoms with Crippen molar-refractivity contribution in [2.45, 2.75) is 12.3 Å². The number of methoxy groups -OCH3 is 1. The molecule has 2 nitrogen and oxygen atoms in total. The maximum absolute atomic E-state index is 6.17. The first-order valence-corrected chi connectivity index (χ1v) is 6.74. The highest BCUT2D eigenvalue weighted by atomic mass is 35.5. The molecule has 4 heteroatoms. The summed E-state index contributed by atoms with van der Waals surface area (Å²) in [7, 11) is 1.76. The number of halogens is 2. The zero-order valence-corrected chi connectivity index (χ0v) is 11.5. The summed E-state index contributed by atoms with van der Waals surface area (Å²) in [6.07, 6.45) is 1.17. The van der Waals surface area contributed by atoms with Crippen LogP contribution in [0, 0.1) is 5.92 Å². The van der Waals surface area contributed by atoms with Gasteiger partial charge < -0.3 is 9.64 Å². The highest BCUT2D eigenvalue weighted by Crippen LogP contribution is 2.32. The van der Waals surface area contributed by atoms with E-state index in [9.17, 15) is 0 Å². The topological polar surface area (TPSA) is 12.5 Å². The van der Waals surface area contributed by atoms with Crippen molar-refractivity contribution < 1.29 is 4.74 Å². The molecule has 1 aromatic rings. The molecule has 94 valence electrons. The Kier molecular flexibility index (Phi) is 4.55. The highest BCUT2D eigenvalue weighted by Gasteiger charge is 2.24. The Hall–Kier alpha value is -0.440. The molecule has 1 atom stereocenters. The number of alkyl halides is 1. The molecule has 1 saturated heterocycles. The van der Waals surface area contributed by atoms with Crippen molar-refractivity contribution in [2.75, 3.05) is 31.7 Å². The second-order valence-corrected chi connectivity index (χ2v) is 5.10. The van der Waals surface area contributed by atoms with E-state index in [1.54, 1.807) is 7.11 Å². The van der Waals surface area contributed by atoms with Crippen LogP contribution in [0.3, 0.4) is 0 Å². The fourth-order valence-corrected chi connectivity index (χ4v) is 2.98. The molecule has 1 aromatic carbocycles. The van der Waals surface area contributed by atoms with Crippen LogP contribution >= 0.6 is 23.2 Å². The smallest absolute Gasteiger partial charge is 0.0509 e. The van der Waals surface area contributed by atoms with Gasteiger partial charge >= 0.3 is 0 Å². The van der Waals surface area contributed by atoms with E-state index in [1.807, 2.05) is 12.1 Å². The van der Waals surface area contributed by atoms with E-state index in [0.717, 1.165) is 30.3 Å². The van der Waals surface area contributed by atoms with E-state index in [-0.39, 0.29) is 0 Å². The summed E-state index contributed by atoms with van der Waals surface area (Å²) in [4.78, 5) is 2.35. The van der Waals surface area contributed by atoms with E-state index < -0.39 is 0 Å². The van der Waals surface area contributed by atoms with E-state index in [4.69, 9.17) is 27.9 Å². The van der Waals surface area contributed by atoms with Crippen LogP contribution < -0.4 is 4.90 Å². The van der Waals surface area contributed by atoms with E-state index >= 15 is 0 Å². The molecule has 0 radical (unpaired) electrons. The minimum absolute atomic E-state index is 0.459. The average Bonchev–Trinajstić information content (AvgIpc) is 2.78. The van der Waals surface area contributed by atoms with Crippen LogP contribution in [-0.2, 0) is 10.6 Å². The van der Waals surface area contributed by atoms with Gasteiger partial charge in [0.05, 0.1) is 12.5 Å². The zero-order chi connectivity index (χ0) is 12.3. The van der Waals surface area contributed by atoms with E-state index in [1.165, 1.54) is 12.1 Å². The van der Waals surface area contributed by atoms with E-state index in [0.29, 0.717) is 11.8 Å². The van der Waals surface area contributed by atoms with E-state index in [2.05, 4.69) is 11.0 Å². The summed E-state index contributed by atoms with van der Waals surface area (Å²) < 4.78 is 5.21. The lowest BCUT2D eigenvalue weighted by molar-refractivity contribution is 0.161. The second-order valence-electron chi connectivity index (χ2n) is 4.43. The van der Waals surface area contributed by atoms with Crippen LogP contribution in [0.5, 0.6) is 0 Å². The highest BCUT2D eigenvalue weighted by molar-refractivity contribution is 6.32. The molecule has 0 N–H and O–H groups in total. The number of benzene rings is 1. The van der Waals surface area contributed by atoms with Gasteiger partial charge in [0.25, 0.3) is 0 Å². The molecule has 0 bridgehead atoms. The first kappa shape index (κ1) is 13.0. The molecule has 1 fully saturated rings. The molecule has 0 amide bonds. The molecule has 1 aliphatic heterocycles. The minimum atomic E-state index is 0.459. The Labute approximate surface area is 112 Å². The van der Waals surface area contributed by atoms with Crippen molar-refractivity contribution in [1.82, 2.24) is 0 Å². The van der Waals surface area contributed by atoms with Crippen molar-refractivity contribution in [1.29, 1.82) is 0 Å². The molecule has 0 aliphatic carbocycles. The van der Waals surface area contributed by atoms with Crippen molar-refractivity contribution in [3.8, 4) is 0 Å². The Morgan fingerprint density at radius 3 is 3.00 bits per heavy atom. The maximum atomic E-state index is 6.17. The number of nitrogens with zero attached hydrogens (tertiary/aromatic N) is 1. The zero-order valence-electron chi connectivity index (χ0n) is 9.96. The number of hydrogen-bond donors (Lipinski definition) is 0. The fourth-order valence-electron chi connectivity index (χ4n) is 2.40. The number of ether oxygens (including phenoxy) is 1. The van der Waals surface area contributed by atoms with Gasteiger partial charge in [-0.1, -0.05) is 17.7 Å². The normalized spacial score (nSPS) is 19.9. The second kappa shape index (κ2) is 5.94. The van der Waals surface area contributed by atoms with Crippen molar-refractivity contribution in [2.24, 2.45) is 5.92 Å². The molecule has 0 spiro atoms. The van der Waals surface area contributed by atoms with Gasteiger partial charge in [-0.15, -0.1) is 11.6 Å². The molecule has 1 unspecified atom stereocenters. The van der Waals surface area contributed by atoms with Gasteiger partial charge in [-0.2, -0.15) is 0 Å². The van der Waals surface area contributed by atoms with Crippen molar-refractivity contribution >= 4 is 28.9 Å². The summed E-state index contributed by atoms with van der Waals surface area (Å²) in [5.74, 6) is 1.07. The Morgan fingerprint density at radius 1 is 1.47 bits per heavy atom. The van der Waals surface area contributed by atoms with Crippen molar-refractivity contribution in [3.63, 3.8) is 0 Å². The minimum Gasteiger partial charge on any atom is -0.384 e. The Bertz CT molecular complexity index is 384. The van der Waals surface area contributed by atoms with Gasteiger partial charge in [-0.25, -0.2) is 0 Å². The molecule has 2 rings (SSSR count). The van der Waals surface area contributed by atoms with Crippen LogP contribution in [-0.4, -0.2) is 26.8 Å². The molecule has 0 saturated carbocycles. The third-order valence-electron chi connectivity index (χ3n) is 3.26. The SMILES string of the molecule is COCC1CCN(c2cccc(Cl)c2CCl)C1. The van der Waals surface area contributed by atoms with Gasteiger partial charge in [0.15, 0.2) is 0 Å². The fraction of sp³-hybridized carbons (Fsp3) is 0.538. The van der Waals surface area contributed by atoms with Crippen LogP contribution in [0.2, 0.25) is 5.02 Å².